The van der Waals surface area contributed by atoms with Gasteiger partial charge in [0.1, 0.15) is 9.84 Å². The quantitative estimate of drug-likeness (QED) is 0.701. The maximum atomic E-state index is 11.6. The van der Waals surface area contributed by atoms with Crippen molar-refractivity contribution in [2.24, 2.45) is 5.92 Å². The standard InChI is InChI=1S/C17H35NO2S/c1-5-7-14(2)8-6-9-15(3)18-16-10-12-17(13-11-16)21(4,19)20/h14-18H,5-13H2,1-4H3. The number of hydrogen-bond donors (Lipinski definition) is 1. The van der Waals surface area contributed by atoms with Gasteiger partial charge in [-0.25, -0.2) is 8.42 Å². The van der Waals surface area contributed by atoms with Gasteiger partial charge in [0.05, 0.1) is 5.25 Å². The highest BCUT2D eigenvalue weighted by Crippen LogP contribution is 2.24. The summed E-state index contributed by atoms with van der Waals surface area (Å²) in [4.78, 5) is 0. The Morgan fingerprint density at radius 3 is 2.19 bits per heavy atom. The molecule has 21 heavy (non-hydrogen) atoms. The number of rotatable bonds is 9. The van der Waals surface area contributed by atoms with Crippen LogP contribution in [0.3, 0.4) is 0 Å². The molecule has 1 aliphatic carbocycles. The molecule has 0 saturated heterocycles. The fourth-order valence-electron chi connectivity index (χ4n) is 3.55. The van der Waals surface area contributed by atoms with Crippen molar-refractivity contribution in [3.63, 3.8) is 0 Å². The minimum absolute atomic E-state index is 0.0965. The first-order valence-electron chi connectivity index (χ1n) is 8.77. The molecule has 126 valence electrons. The van der Waals surface area contributed by atoms with Crippen LogP contribution in [-0.4, -0.2) is 32.0 Å². The Balaban J connectivity index is 2.17. The molecule has 0 aromatic carbocycles. The summed E-state index contributed by atoms with van der Waals surface area (Å²) in [6.07, 6.45) is 11.6. The Labute approximate surface area is 132 Å². The first-order chi connectivity index (χ1) is 9.82. The smallest absolute Gasteiger partial charge is 0.150 e. The van der Waals surface area contributed by atoms with Gasteiger partial charge in [-0.15, -0.1) is 0 Å². The van der Waals surface area contributed by atoms with Crippen LogP contribution in [0.4, 0.5) is 0 Å². The lowest BCUT2D eigenvalue weighted by Crippen LogP contribution is -2.41. The van der Waals surface area contributed by atoms with E-state index >= 15 is 0 Å². The molecule has 0 aromatic heterocycles. The van der Waals surface area contributed by atoms with Crippen LogP contribution in [0.15, 0.2) is 0 Å². The predicted molar refractivity (Wildman–Crippen MR) is 91.4 cm³/mol. The van der Waals surface area contributed by atoms with Crippen LogP contribution in [0.2, 0.25) is 0 Å². The lowest BCUT2D eigenvalue weighted by atomic mass is 9.93. The summed E-state index contributed by atoms with van der Waals surface area (Å²) in [5.41, 5.74) is 0. The average Bonchev–Trinajstić information content (AvgIpc) is 2.38. The van der Waals surface area contributed by atoms with E-state index in [1.165, 1.54) is 38.4 Å². The summed E-state index contributed by atoms with van der Waals surface area (Å²) >= 11 is 0. The molecule has 0 amide bonds. The molecule has 1 N–H and O–H groups in total. The summed E-state index contributed by atoms with van der Waals surface area (Å²) in [7, 11) is -2.83. The number of nitrogens with one attached hydrogen (secondary N) is 1. The maximum Gasteiger partial charge on any atom is 0.150 e. The van der Waals surface area contributed by atoms with E-state index in [-0.39, 0.29) is 5.25 Å². The molecule has 0 aromatic rings. The van der Waals surface area contributed by atoms with Crippen LogP contribution < -0.4 is 5.32 Å². The summed E-state index contributed by atoms with van der Waals surface area (Å²) in [6.45, 7) is 6.88. The van der Waals surface area contributed by atoms with E-state index < -0.39 is 9.84 Å². The normalized spacial score (nSPS) is 26.5. The van der Waals surface area contributed by atoms with Crippen molar-refractivity contribution in [1.29, 1.82) is 0 Å². The third-order valence-corrected chi connectivity index (χ3v) is 6.60. The third kappa shape index (κ3) is 7.64. The van der Waals surface area contributed by atoms with Gasteiger partial charge in [-0.05, 0) is 44.9 Å². The zero-order valence-electron chi connectivity index (χ0n) is 14.4. The molecule has 2 unspecified atom stereocenters. The van der Waals surface area contributed by atoms with E-state index in [4.69, 9.17) is 0 Å². The minimum atomic E-state index is -2.83. The second kappa shape index (κ2) is 9.14. The van der Waals surface area contributed by atoms with Gasteiger partial charge >= 0.3 is 0 Å². The highest BCUT2D eigenvalue weighted by molar-refractivity contribution is 7.91. The molecule has 0 heterocycles. The molecule has 0 spiro atoms. The average molecular weight is 318 g/mol. The molecule has 1 fully saturated rings. The van der Waals surface area contributed by atoms with Gasteiger partial charge in [0.2, 0.25) is 0 Å². The van der Waals surface area contributed by atoms with Crippen molar-refractivity contribution in [2.45, 2.75) is 95.9 Å². The second-order valence-corrected chi connectivity index (χ2v) is 9.52. The van der Waals surface area contributed by atoms with Crippen molar-refractivity contribution in [3.8, 4) is 0 Å². The lowest BCUT2D eigenvalue weighted by Gasteiger charge is -2.30. The Bertz CT molecular complexity index is 372. The molecular weight excluding hydrogens is 282 g/mol. The molecule has 0 bridgehead atoms. The Hall–Kier alpha value is -0.0900. The van der Waals surface area contributed by atoms with Crippen molar-refractivity contribution in [2.75, 3.05) is 6.26 Å². The maximum absolute atomic E-state index is 11.6. The van der Waals surface area contributed by atoms with Crippen LogP contribution in [-0.2, 0) is 9.84 Å². The topological polar surface area (TPSA) is 46.2 Å². The van der Waals surface area contributed by atoms with Gasteiger partial charge in [0, 0.05) is 18.3 Å². The van der Waals surface area contributed by atoms with Crippen LogP contribution in [0.1, 0.15) is 78.6 Å². The van der Waals surface area contributed by atoms with Gasteiger partial charge in [0.25, 0.3) is 0 Å². The van der Waals surface area contributed by atoms with Gasteiger partial charge in [-0.1, -0.05) is 39.5 Å². The largest absolute Gasteiger partial charge is 0.312 e. The van der Waals surface area contributed by atoms with Gasteiger partial charge < -0.3 is 5.32 Å². The minimum Gasteiger partial charge on any atom is -0.312 e. The van der Waals surface area contributed by atoms with Gasteiger partial charge in [0.15, 0.2) is 0 Å². The highest BCUT2D eigenvalue weighted by atomic mass is 32.2. The molecule has 1 aliphatic rings. The van der Waals surface area contributed by atoms with E-state index in [2.05, 4.69) is 26.1 Å². The summed E-state index contributed by atoms with van der Waals surface area (Å²) < 4.78 is 23.1. The molecule has 0 aliphatic heterocycles. The van der Waals surface area contributed by atoms with E-state index in [1.54, 1.807) is 0 Å². The first kappa shape index (κ1) is 19.0. The van der Waals surface area contributed by atoms with Gasteiger partial charge in [-0.3, -0.25) is 0 Å². The second-order valence-electron chi connectivity index (χ2n) is 7.20. The van der Waals surface area contributed by atoms with Crippen molar-refractivity contribution in [3.05, 3.63) is 0 Å². The first-order valence-corrected chi connectivity index (χ1v) is 10.7. The van der Waals surface area contributed by atoms with E-state index in [0.717, 1.165) is 31.6 Å². The fourth-order valence-corrected chi connectivity index (χ4v) is 4.68. The molecular formula is C17H35NO2S. The lowest BCUT2D eigenvalue weighted by molar-refractivity contribution is 0.328. The van der Waals surface area contributed by atoms with Crippen molar-refractivity contribution in [1.82, 2.24) is 5.32 Å². The summed E-state index contributed by atoms with van der Waals surface area (Å²) in [5, 5.41) is 3.61. The Morgan fingerprint density at radius 1 is 1.05 bits per heavy atom. The zero-order chi connectivity index (χ0) is 15.9. The zero-order valence-corrected chi connectivity index (χ0v) is 15.2. The Morgan fingerprint density at radius 2 is 1.67 bits per heavy atom. The van der Waals surface area contributed by atoms with Crippen LogP contribution in [0.25, 0.3) is 0 Å². The van der Waals surface area contributed by atoms with Gasteiger partial charge in [-0.2, -0.15) is 0 Å². The number of sulfone groups is 1. The summed E-state index contributed by atoms with van der Waals surface area (Å²) in [5.74, 6) is 0.854. The van der Waals surface area contributed by atoms with Crippen molar-refractivity contribution >= 4 is 9.84 Å². The SMILES string of the molecule is CCCC(C)CCCC(C)NC1CCC(S(C)(=O)=O)CC1. The monoisotopic (exact) mass is 317 g/mol. The number of hydrogen-bond acceptors (Lipinski definition) is 3. The molecule has 3 nitrogen and oxygen atoms in total. The van der Waals surface area contributed by atoms with Crippen LogP contribution >= 0.6 is 0 Å². The molecule has 2 atom stereocenters. The molecule has 1 saturated carbocycles. The molecule has 4 heteroatoms. The fraction of sp³-hybridized carbons (Fsp3) is 1.00. The summed E-state index contributed by atoms with van der Waals surface area (Å²) in [6, 6.07) is 1.07. The Kier molecular flexibility index (Phi) is 8.25. The van der Waals surface area contributed by atoms with Crippen LogP contribution in [0.5, 0.6) is 0 Å². The molecule has 0 radical (unpaired) electrons. The third-order valence-electron chi connectivity index (χ3n) is 4.92. The molecule has 1 rings (SSSR count). The highest BCUT2D eigenvalue weighted by Gasteiger charge is 2.28. The van der Waals surface area contributed by atoms with E-state index in [0.29, 0.717) is 12.1 Å². The predicted octanol–water partition coefficient (Wildman–Crippen LogP) is 3.93. The van der Waals surface area contributed by atoms with Crippen molar-refractivity contribution < 1.29 is 8.42 Å². The van der Waals surface area contributed by atoms with Crippen LogP contribution in [0, 0.1) is 5.92 Å². The van der Waals surface area contributed by atoms with E-state index in [1.807, 2.05) is 0 Å². The van der Waals surface area contributed by atoms with E-state index in [9.17, 15) is 8.42 Å².